The Kier molecular flexibility index (Phi) is 11.1. The zero-order valence-electron chi connectivity index (χ0n) is 22.5. The number of aryl methyl sites for hydroxylation is 1. The number of hydrogen-bond acceptors (Lipinski definition) is 4. The number of nitrogens with one attached hydrogen (secondary N) is 1. The van der Waals surface area contributed by atoms with E-state index in [0.717, 1.165) is 43.6 Å². The van der Waals surface area contributed by atoms with Gasteiger partial charge in [-0.2, -0.15) is 4.98 Å². The Hall–Kier alpha value is -2.82. The Labute approximate surface area is 206 Å². The summed E-state index contributed by atoms with van der Waals surface area (Å²) in [7, 11) is 3.54. The highest BCUT2D eigenvalue weighted by Gasteiger charge is 2.37. The van der Waals surface area contributed by atoms with Crippen LogP contribution in [0.25, 0.3) is 0 Å². The van der Waals surface area contributed by atoms with E-state index in [9.17, 15) is 0 Å². The van der Waals surface area contributed by atoms with Crippen LogP contribution in [-0.4, -0.2) is 45.8 Å². The van der Waals surface area contributed by atoms with Gasteiger partial charge in [0, 0.05) is 0 Å². The standard InChI is InChI=1S/C28H43N5O/c1-21(2)12-9-13-22(3)14-10-15-23(4)16-11-17-24(5)18-19-33-20-32(7)28-26(33)27(31-34-8)29-25(6)30-28/h12,14,16,18H,9-11,13,15,17,19H2,1-8H3,(H,29,30,31)/q+2/b22-14+,23-16+,24-18+. The van der Waals surface area contributed by atoms with Crippen molar-refractivity contribution in [2.75, 3.05) is 26.2 Å². The molecule has 0 saturated heterocycles. The SMILES string of the molecule is CONc1nc(C)nc2c1[N+](C/C=C(\C)CC/C=C(\C)CC/C=C(\C)CCC=C(C)C)=C=[N+]2C. The third kappa shape index (κ3) is 8.85. The van der Waals surface area contributed by atoms with Gasteiger partial charge in [-0.25, -0.2) is 10.5 Å². The molecule has 6 heteroatoms. The quantitative estimate of drug-likeness (QED) is 0.193. The van der Waals surface area contributed by atoms with Gasteiger partial charge >= 0.3 is 17.5 Å². The van der Waals surface area contributed by atoms with E-state index in [1.165, 1.54) is 28.7 Å². The zero-order chi connectivity index (χ0) is 25.1. The molecule has 0 aromatic carbocycles. The first-order valence-electron chi connectivity index (χ1n) is 12.3. The summed E-state index contributed by atoms with van der Waals surface area (Å²) < 4.78 is 3.94. The van der Waals surface area contributed by atoms with Crippen molar-refractivity contribution < 1.29 is 14.0 Å². The van der Waals surface area contributed by atoms with E-state index in [2.05, 4.69) is 80.4 Å². The number of hydrogen-bond donors (Lipinski definition) is 1. The summed E-state index contributed by atoms with van der Waals surface area (Å²) in [6.07, 6.45) is 16.1. The summed E-state index contributed by atoms with van der Waals surface area (Å²) in [5.41, 5.74) is 9.51. The van der Waals surface area contributed by atoms with Crippen molar-refractivity contribution in [1.82, 2.24) is 9.97 Å². The number of allylic oxidation sites excluding steroid dienone is 7. The van der Waals surface area contributed by atoms with Crippen LogP contribution in [0.15, 0.2) is 46.6 Å². The van der Waals surface area contributed by atoms with E-state index in [1.54, 1.807) is 7.11 Å². The molecule has 0 bridgehead atoms. The summed E-state index contributed by atoms with van der Waals surface area (Å²) in [4.78, 5) is 14.2. The molecule has 1 aliphatic heterocycles. The van der Waals surface area contributed by atoms with E-state index in [1.807, 2.05) is 23.1 Å². The number of fused-ring (bicyclic) bond motifs is 1. The lowest BCUT2D eigenvalue weighted by atomic mass is 10.0. The number of rotatable bonds is 13. The third-order valence-corrected chi connectivity index (χ3v) is 5.81. The molecule has 0 spiro atoms. The second kappa shape index (κ2) is 13.8. The first-order chi connectivity index (χ1) is 16.2. The minimum absolute atomic E-state index is 0.660. The van der Waals surface area contributed by atoms with Crippen molar-refractivity contribution in [2.45, 2.75) is 80.1 Å². The lowest BCUT2D eigenvalue weighted by Gasteiger charge is -2.04. The van der Waals surface area contributed by atoms with Crippen LogP contribution in [-0.2, 0) is 4.84 Å². The average molecular weight is 466 g/mol. The summed E-state index contributed by atoms with van der Waals surface area (Å²) in [5, 5.41) is 0. The van der Waals surface area contributed by atoms with E-state index >= 15 is 0 Å². The average Bonchev–Trinajstić information content (AvgIpc) is 3.07. The predicted octanol–water partition coefficient (Wildman–Crippen LogP) is 7.01. The monoisotopic (exact) mass is 465 g/mol. The van der Waals surface area contributed by atoms with Gasteiger partial charge in [0.1, 0.15) is 5.82 Å². The van der Waals surface area contributed by atoms with Gasteiger partial charge in [0.05, 0.1) is 7.11 Å². The molecule has 1 N–H and O–H groups in total. The lowest BCUT2D eigenvalue weighted by Crippen LogP contribution is -2.09. The second-order valence-electron chi connectivity index (χ2n) is 9.42. The van der Waals surface area contributed by atoms with Crippen LogP contribution in [0.2, 0.25) is 0 Å². The minimum atomic E-state index is 0.660. The van der Waals surface area contributed by atoms with Crippen LogP contribution >= 0.6 is 0 Å². The van der Waals surface area contributed by atoms with Crippen molar-refractivity contribution in [2.24, 2.45) is 0 Å². The van der Waals surface area contributed by atoms with Crippen LogP contribution in [0.5, 0.6) is 0 Å². The molecule has 6 nitrogen and oxygen atoms in total. The van der Waals surface area contributed by atoms with Gasteiger partial charge in [0.25, 0.3) is 0 Å². The predicted molar refractivity (Wildman–Crippen MR) is 141 cm³/mol. The Balaban J connectivity index is 1.85. The van der Waals surface area contributed by atoms with Crippen LogP contribution in [0.3, 0.4) is 0 Å². The Morgan fingerprint density at radius 1 is 0.882 bits per heavy atom. The van der Waals surface area contributed by atoms with Gasteiger partial charge in [-0.1, -0.05) is 49.7 Å². The number of anilines is 1. The van der Waals surface area contributed by atoms with E-state index < -0.39 is 0 Å². The van der Waals surface area contributed by atoms with Gasteiger partial charge in [-0.05, 0) is 86.1 Å². The molecular weight excluding hydrogens is 422 g/mol. The fourth-order valence-electron chi connectivity index (χ4n) is 3.85. The van der Waals surface area contributed by atoms with Crippen molar-refractivity contribution in [3.05, 3.63) is 52.4 Å². The van der Waals surface area contributed by atoms with Gasteiger partial charge in [-0.15, -0.1) is 0 Å². The molecule has 184 valence electrons. The van der Waals surface area contributed by atoms with Gasteiger partial charge < -0.3 is 0 Å². The molecule has 0 amide bonds. The zero-order valence-corrected chi connectivity index (χ0v) is 22.5. The van der Waals surface area contributed by atoms with Crippen LogP contribution < -0.4 is 5.48 Å². The molecule has 2 heterocycles. The maximum atomic E-state index is 5.12. The molecule has 34 heavy (non-hydrogen) atoms. The summed E-state index contributed by atoms with van der Waals surface area (Å²) in [6.45, 7) is 13.6. The highest BCUT2D eigenvalue weighted by Crippen LogP contribution is 2.33. The highest BCUT2D eigenvalue weighted by atomic mass is 16.6. The maximum absolute atomic E-state index is 5.12. The second-order valence-corrected chi connectivity index (χ2v) is 9.42. The molecule has 0 saturated carbocycles. The normalized spacial score (nSPS) is 14.1. The molecular formula is C28H43N5O+2. The summed E-state index contributed by atoms with van der Waals surface area (Å²) >= 11 is 0. The number of aromatic nitrogens is 2. The Bertz CT molecular complexity index is 1050. The molecule has 0 fully saturated rings. The van der Waals surface area contributed by atoms with Gasteiger partial charge in [-0.3, -0.25) is 4.84 Å². The van der Waals surface area contributed by atoms with Crippen LogP contribution in [0.1, 0.15) is 79.0 Å². The molecule has 1 aliphatic rings. The van der Waals surface area contributed by atoms with Crippen molar-refractivity contribution in [1.29, 1.82) is 0 Å². The minimum Gasteiger partial charge on any atom is -0.278 e. The fraction of sp³-hybridized carbons (Fsp3) is 0.536. The molecule has 0 unspecified atom stereocenters. The van der Waals surface area contributed by atoms with Crippen molar-refractivity contribution in [3.63, 3.8) is 0 Å². The third-order valence-electron chi connectivity index (χ3n) is 5.81. The fourth-order valence-corrected chi connectivity index (χ4v) is 3.85. The van der Waals surface area contributed by atoms with E-state index in [-0.39, 0.29) is 0 Å². The molecule has 0 aliphatic carbocycles. The summed E-state index contributed by atoms with van der Waals surface area (Å²) in [6, 6.07) is 3.33. The first-order valence-corrected chi connectivity index (χ1v) is 12.3. The molecule has 0 atom stereocenters. The lowest BCUT2D eigenvalue weighted by molar-refractivity contribution is -0.446. The topological polar surface area (TPSA) is 53.1 Å². The summed E-state index contributed by atoms with van der Waals surface area (Å²) in [5.74, 6) is 2.18. The van der Waals surface area contributed by atoms with E-state index in [0.29, 0.717) is 18.2 Å². The number of nitrogens with zero attached hydrogens (tertiary/aromatic N) is 4. The Morgan fingerprint density at radius 3 is 2.00 bits per heavy atom. The largest absolute Gasteiger partial charge is 0.491 e. The van der Waals surface area contributed by atoms with E-state index in [4.69, 9.17) is 4.84 Å². The molecule has 0 radical (unpaired) electrons. The smallest absolute Gasteiger partial charge is 0.278 e. The Morgan fingerprint density at radius 2 is 1.44 bits per heavy atom. The van der Waals surface area contributed by atoms with Gasteiger partial charge in [0.15, 0.2) is 13.6 Å². The van der Waals surface area contributed by atoms with Gasteiger partial charge in [0.2, 0.25) is 5.82 Å². The first kappa shape index (κ1) is 27.4. The van der Waals surface area contributed by atoms with Crippen molar-refractivity contribution >= 4 is 23.3 Å². The van der Waals surface area contributed by atoms with Crippen molar-refractivity contribution in [3.8, 4) is 0 Å². The van der Waals surface area contributed by atoms with Crippen LogP contribution in [0.4, 0.5) is 17.3 Å². The molecule has 1 aromatic heterocycles. The molecule has 2 rings (SSSR count). The van der Waals surface area contributed by atoms with Crippen LogP contribution in [0, 0.1) is 6.92 Å². The highest BCUT2D eigenvalue weighted by molar-refractivity contribution is 5.68. The maximum Gasteiger partial charge on any atom is 0.491 e. The molecule has 1 aromatic rings.